The normalized spacial score (nSPS) is 20.8. The van der Waals surface area contributed by atoms with E-state index in [0.29, 0.717) is 19.4 Å². The van der Waals surface area contributed by atoms with Gasteiger partial charge in [0.05, 0.1) is 12.4 Å². The van der Waals surface area contributed by atoms with Crippen molar-refractivity contribution in [2.45, 2.75) is 36.6 Å². The second-order valence-electron chi connectivity index (χ2n) is 4.47. The Bertz CT molecular complexity index is 520. The summed E-state index contributed by atoms with van der Waals surface area (Å²) in [4.78, 5) is 7.49. The molecule has 2 rings (SSSR count). The fraction of sp³-hybridized carbons (Fsp3) is 0.636. The molecule has 0 bridgehead atoms. The first-order valence-corrected chi connectivity index (χ1v) is 7.98. The standard InChI is InChI=1S/C11H16ClN3O3S/c12-11-13-7-10(8-14-11)19(17,18)15-5-1-3-9(15)4-2-6-16/h7-9,16H,1-6H2. The first-order chi connectivity index (χ1) is 9.05. The first-order valence-electron chi connectivity index (χ1n) is 6.16. The lowest BCUT2D eigenvalue weighted by Crippen LogP contribution is -2.35. The van der Waals surface area contributed by atoms with Crippen LogP contribution >= 0.6 is 11.6 Å². The Balaban J connectivity index is 2.21. The van der Waals surface area contributed by atoms with E-state index in [-0.39, 0.29) is 22.8 Å². The fourth-order valence-corrected chi connectivity index (χ4v) is 4.02. The molecular formula is C11H16ClN3O3S. The lowest BCUT2D eigenvalue weighted by atomic mass is 10.1. The van der Waals surface area contributed by atoms with Gasteiger partial charge in [-0.25, -0.2) is 18.4 Å². The molecule has 0 aliphatic carbocycles. The molecule has 1 N–H and O–H groups in total. The van der Waals surface area contributed by atoms with Crippen molar-refractivity contribution >= 4 is 21.6 Å². The molecule has 1 fully saturated rings. The van der Waals surface area contributed by atoms with Crippen molar-refractivity contribution < 1.29 is 13.5 Å². The van der Waals surface area contributed by atoms with Crippen LogP contribution in [0.1, 0.15) is 25.7 Å². The van der Waals surface area contributed by atoms with Gasteiger partial charge < -0.3 is 5.11 Å². The predicted molar refractivity (Wildman–Crippen MR) is 70.3 cm³/mol. The van der Waals surface area contributed by atoms with Crippen molar-refractivity contribution in [2.24, 2.45) is 0 Å². The molecule has 0 amide bonds. The third-order valence-corrected chi connectivity index (χ3v) is 5.32. The van der Waals surface area contributed by atoms with Crippen molar-refractivity contribution in [3.63, 3.8) is 0 Å². The molecule has 19 heavy (non-hydrogen) atoms. The molecule has 6 nitrogen and oxygen atoms in total. The van der Waals surface area contributed by atoms with Gasteiger partial charge in [-0.3, -0.25) is 0 Å². The lowest BCUT2D eigenvalue weighted by molar-refractivity contribution is 0.264. The summed E-state index contributed by atoms with van der Waals surface area (Å²) in [6, 6.07) is -0.0483. The Hall–Kier alpha value is -0.760. The van der Waals surface area contributed by atoms with Crippen LogP contribution in [0.4, 0.5) is 0 Å². The molecule has 0 spiro atoms. The highest BCUT2D eigenvalue weighted by Crippen LogP contribution is 2.28. The molecule has 1 atom stereocenters. The third-order valence-electron chi connectivity index (χ3n) is 3.22. The maximum atomic E-state index is 12.5. The van der Waals surface area contributed by atoms with Gasteiger partial charge in [0.15, 0.2) is 0 Å². The summed E-state index contributed by atoms with van der Waals surface area (Å²) in [5.41, 5.74) is 0. The van der Waals surface area contributed by atoms with Crippen LogP contribution in [-0.4, -0.2) is 47.0 Å². The average Bonchev–Trinajstić information content (AvgIpc) is 2.86. The van der Waals surface area contributed by atoms with Gasteiger partial charge in [-0.1, -0.05) is 0 Å². The van der Waals surface area contributed by atoms with E-state index in [4.69, 9.17) is 16.7 Å². The largest absolute Gasteiger partial charge is 0.396 e. The number of aliphatic hydroxyl groups is 1. The van der Waals surface area contributed by atoms with Crippen LogP contribution in [0.3, 0.4) is 0 Å². The summed E-state index contributed by atoms with van der Waals surface area (Å²) < 4.78 is 26.4. The number of aliphatic hydroxyl groups excluding tert-OH is 1. The molecule has 106 valence electrons. The molecule has 1 aromatic heterocycles. The molecule has 1 aliphatic rings. The lowest BCUT2D eigenvalue weighted by Gasteiger charge is -2.23. The minimum Gasteiger partial charge on any atom is -0.396 e. The van der Waals surface area contributed by atoms with Crippen LogP contribution in [0.2, 0.25) is 5.28 Å². The van der Waals surface area contributed by atoms with Crippen LogP contribution in [-0.2, 0) is 10.0 Å². The van der Waals surface area contributed by atoms with Crippen LogP contribution in [0, 0.1) is 0 Å². The van der Waals surface area contributed by atoms with E-state index in [1.807, 2.05) is 0 Å². The Morgan fingerprint density at radius 1 is 1.42 bits per heavy atom. The SMILES string of the molecule is O=S(=O)(c1cnc(Cl)nc1)N1CCCC1CCCO. The van der Waals surface area contributed by atoms with Gasteiger partial charge in [0.1, 0.15) is 4.90 Å². The monoisotopic (exact) mass is 305 g/mol. The zero-order chi connectivity index (χ0) is 13.9. The van der Waals surface area contributed by atoms with E-state index in [1.54, 1.807) is 0 Å². The number of nitrogens with zero attached hydrogens (tertiary/aromatic N) is 3. The van der Waals surface area contributed by atoms with E-state index in [1.165, 1.54) is 16.7 Å². The van der Waals surface area contributed by atoms with Gasteiger partial charge in [-0.05, 0) is 37.3 Å². The zero-order valence-corrected chi connectivity index (χ0v) is 11.9. The van der Waals surface area contributed by atoms with Gasteiger partial charge in [0.25, 0.3) is 0 Å². The van der Waals surface area contributed by atoms with Crippen molar-refractivity contribution in [1.29, 1.82) is 0 Å². The first kappa shape index (κ1) is 14.6. The average molecular weight is 306 g/mol. The fourth-order valence-electron chi connectivity index (χ4n) is 2.31. The molecule has 0 radical (unpaired) electrons. The van der Waals surface area contributed by atoms with Crippen molar-refractivity contribution in [2.75, 3.05) is 13.2 Å². The van der Waals surface area contributed by atoms with Crippen molar-refractivity contribution in [1.82, 2.24) is 14.3 Å². The second kappa shape index (κ2) is 6.13. The van der Waals surface area contributed by atoms with Crippen LogP contribution in [0.15, 0.2) is 17.3 Å². The van der Waals surface area contributed by atoms with E-state index >= 15 is 0 Å². The minimum absolute atomic E-state index is 0.0252. The molecule has 1 saturated heterocycles. The summed E-state index contributed by atoms with van der Waals surface area (Å²) in [6.45, 7) is 0.579. The highest BCUT2D eigenvalue weighted by Gasteiger charge is 2.35. The number of aromatic nitrogens is 2. The molecule has 0 saturated carbocycles. The predicted octanol–water partition coefficient (Wildman–Crippen LogP) is 1.06. The molecule has 8 heteroatoms. The van der Waals surface area contributed by atoms with Gasteiger partial charge in [0, 0.05) is 19.2 Å². The van der Waals surface area contributed by atoms with Gasteiger partial charge in [-0.2, -0.15) is 4.31 Å². The highest BCUT2D eigenvalue weighted by atomic mass is 35.5. The molecule has 1 unspecified atom stereocenters. The van der Waals surface area contributed by atoms with Gasteiger partial charge in [-0.15, -0.1) is 0 Å². The summed E-state index contributed by atoms with van der Waals surface area (Å²) in [6.07, 6.45) is 5.40. The summed E-state index contributed by atoms with van der Waals surface area (Å²) >= 11 is 5.56. The van der Waals surface area contributed by atoms with Crippen molar-refractivity contribution in [3.05, 3.63) is 17.7 Å². The number of halogens is 1. The molecular weight excluding hydrogens is 290 g/mol. The molecule has 1 aromatic rings. The highest BCUT2D eigenvalue weighted by molar-refractivity contribution is 7.89. The summed E-state index contributed by atoms with van der Waals surface area (Å²) in [5.74, 6) is 0. The minimum atomic E-state index is -3.57. The molecule has 0 aromatic carbocycles. The molecule has 2 heterocycles. The number of hydrogen-bond acceptors (Lipinski definition) is 5. The third kappa shape index (κ3) is 3.22. The smallest absolute Gasteiger partial charge is 0.246 e. The van der Waals surface area contributed by atoms with E-state index in [9.17, 15) is 8.42 Å². The Kier molecular flexibility index (Phi) is 4.72. The second-order valence-corrected chi connectivity index (χ2v) is 6.69. The zero-order valence-electron chi connectivity index (χ0n) is 10.4. The summed E-state index contributed by atoms with van der Waals surface area (Å²) in [7, 11) is -3.57. The number of rotatable bonds is 5. The number of sulfonamides is 1. The van der Waals surface area contributed by atoms with Gasteiger partial charge in [0.2, 0.25) is 15.3 Å². The number of hydrogen-bond donors (Lipinski definition) is 1. The van der Waals surface area contributed by atoms with Crippen LogP contribution in [0.25, 0.3) is 0 Å². The van der Waals surface area contributed by atoms with E-state index < -0.39 is 10.0 Å². The quantitative estimate of drug-likeness (QED) is 0.822. The van der Waals surface area contributed by atoms with Crippen molar-refractivity contribution in [3.8, 4) is 0 Å². The summed E-state index contributed by atoms with van der Waals surface area (Å²) in [5, 5.41) is 8.89. The maximum Gasteiger partial charge on any atom is 0.246 e. The van der Waals surface area contributed by atoms with Crippen LogP contribution < -0.4 is 0 Å². The van der Waals surface area contributed by atoms with E-state index in [2.05, 4.69) is 9.97 Å². The topological polar surface area (TPSA) is 83.4 Å². The van der Waals surface area contributed by atoms with E-state index in [0.717, 1.165) is 12.8 Å². The maximum absolute atomic E-state index is 12.5. The Labute approximate surface area is 117 Å². The van der Waals surface area contributed by atoms with Crippen LogP contribution in [0.5, 0.6) is 0 Å². The van der Waals surface area contributed by atoms with Gasteiger partial charge >= 0.3 is 0 Å². The molecule has 1 aliphatic heterocycles. The Morgan fingerprint density at radius 2 is 2.11 bits per heavy atom. The Morgan fingerprint density at radius 3 is 2.74 bits per heavy atom.